The van der Waals surface area contributed by atoms with Crippen LogP contribution < -0.4 is 0 Å². The second-order valence-electron chi connectivity index (χ2n) is 12.8. The minimum absolute atomic E-state index is 0.632. The molecule has 0 atom stereocenters. The average molecular weight is 651 g/mol. The van der Waals surface area contributed by atoms with Gasteiger partial charge in [0.25, 0.3) is 0 Å². The van der Waals surface area contributed by atoms with E-state index in [1.165, 1.54) is 43.4 Å². The minimum Gasteiger partial charge on any atom is -0.309 e. The SMILES string of the molecule is c1ccc(-c2ccc(-c3nc(-c4ccccc4)nc(-c4ccc5c6c7ccccc7c7ccccc7c6n(-c6ccccc6)c5c4)n3)cc2)cc1. The fourth-order valence-corrected chi connectivity index (χ4v) is 7.45. The molecule has 8 aromatic carbocycles. The maximum absolute atomic E-state index is 5.13. The van der Waals surface area contributed by atoms with Gasteiger partial charge < -0.3 is 4.57 Å². The largest absolute Gasteiger partial charge is 0.309 e. The highest BCUT2D eigenvalue weighted by Gasteiger charge is 2.20. The second kappa shape index (κ2) is 11.9. The number of para-hydroxylation sites is 1. The first-order valence-electron chi connectivity index (χ1n) is 17.2. The molecule has 0 unspecified atom stereocenters. The monoisotopic (exact) mass is 650 g/mol. The zero-order valence-electron chi connectivity index (χ0n) is 27.6. The molecule has 238 valence electrons. The lowest BCUT2D eigenvalue weighted by molar-refractivity contribution is 1.07. The van der Waals surface area contributed by atoms with Crippen molar-refractivity contribution < 1.29 is 0 Å². The van der Waals surface area contributed by atoms with Crippen molar-refractivity contribution in [3.63, 3.8) is 0 Å². The number of hydrogen-bond donors (Lipinski definition) is 0. The van der Waals surface area contributed by atoms with Crippen molar-refractivity contribution in [3.8, 4) is 51.0 Å². The fourth-order valence-electron chi connectivity index (χ4n) is 7.45. The van der Waals surface area contributed by atoms with Gasteiger partial charge in [-0.25, -0.2) is 15.0 Å². The Morgan fingerprint density at radius 3 is 1.39 bits per heavy atom. The van der Waals surface area contributed by atoms with E-state index in [9.17, 15) is 0 Å². The zero-order chi connectivity index (χ0) is 33.7. The number of rotatable bonds is 5. The van der Waals surface area contributed by atoms with Gasteiger partial charge in [-0.3, -0.25) is 0 Å². The van der Waals surface area contributed by atoms with Crippen LogP contribution in [0.4, 0.5) is 0 Å². The van der Waals surface area contributed by atoms with Gasteiger partial charge in [-0.2, -0.15) is 0 Å². The van der Waals surface area contributed by atoms with Crippen molar-refractivity contribution >= 4 is 43.4 Å². The molecule has 0 saturated heterocycles. The molecular formula is C47H30N4. The molecule has 0 saturated carbocycles. The predicted molar refractivity (Wildman–Crippen MR) is 211 cm³/mol. The van der Waals surface area contributed by atoms with Gasteiger partial charge in [-0.05, 0) is 45.5 Å². The Kier molecular flexibility index (Phi) is 6.78. The zero-order valence-corrected chi connectivity index (χ0v) is 27.6. The van der Waals surface area contributed by atoms with E-state index in [1.54, 1.807) is 0 Å². The lowest BCUT2D eigenvalue weighted by Crippen LogP contribution is -2.00. The van der Waals surface area contributed by atoms with E-state index in [-0.39, 0.29) is 0 Å². The van der Waals surface area contributed by atoms with Crippen LogP contribution in [0.1, 0.15) is 0 Å². The van der Waals surface area contributed by atoms with E-state index >= 15 is 0 Å². The van der Waals surface area contributed by atoms with Gasteiger partial charge in [0, 0.05) is 38.5 Å². The fraction of sp³-hybridized carbons (Fsp3) is 0. The van der Waals surface area contributed by atoms with Gasteiger partial charge in [-0.1, -0.05) is 164 Å². The van der Waals surface area contributed by atoms with E-state index in [0.717, 1.165) is 33.5 Å². The normalized spacial score (nSPS) is 11.5. The van der Waals surface area contributed by atoms with Crippen molar-refractivity contribution in [1.29, 1.82) is 0 Å². The number of benzene rings is 8. The summed E-state index contributed by atoms with van der Waals surface area (Å²) < 4.78 is 2.41. The lowest BCUT2D eigenvalue weighted by Gasteiger charge is -2.12. The van der Waals surface area contributed by atoms with Gasteiger partial charge in [0.2, 0.25) is 0 Å². The van der Waals surface area contributed by atoms with Gasteiger partial charge in [0.05, 0.1) is 11.0 Å². The second-order valence-corrected chi connectivity index (χ2v) is 12.8. The smallest absolute Gasteiger partial charge is 0.164 e. The van der Waals surface area contributed by atoms with Gasteiger partial charge in [-0.15, -0.1) is 0 Å². The molecule has 0 aliphatic rings. The van der Waals surface area contributed by atoms with Crippen LogP contribution in [0.5, 0.6) is 0 Å². The Hall–Kier alpha value is -6.91. The van der Waals surface area contributed by atoms with Crippen LogP contribution in [0.2, 0.25) is 0 Å². The topological polar surface area (TPSA) is 43.6 Å². The van der Waals surface area contributed by atoms with Crippen LogP contribution in [0, 0.1) is 0 Å². The number of aromatic nitrogens is 4. The molecule has 0 fully saturated rings. The molecule has 0 N–H and O–H groups in total. The van der Waals surface area contributed by atoms with Crippen molar-refractivity contribution in [2.75, 3.05) is 0 Å². The summed E-state index contributed by atoms with van der Waals surface area (Å²) in [4.78, 5) is 15.2. The molecule has 0 radical (unpaired) electrons. The van der Waals surface area contributed by atoms with Crippen molar-refractivity contribution in [2.24, 2.45) is 0 Å². The molecule has 2 aromatic heterocycles. The molecule has 0 aliphatic carbocycles. The third-order valence-electron chi connectivity index (χ3n) is 9.83. The Morgan fingerprint density at radius 1 is 0.314 bits per heavy atom. The van der Waals surface area contributed by atoms with Crippen LogP contribution in [-0.4, -0.2) is 19.5 Å². The molecule has 0 amide bonds. The standard InChI is InChI=1S/C47H30N4/c1-4-14-31(15-5-1)32-24-26-34(27-25-32)46-48-45(33-16-6-2-7-17-33)49-47(50-46)35-28-29-41-42(30-35)51(36-18-8-3-9-19-36)44-40-23-13-11-21-38(40)37-20-10-12-22-39(37)43(41)44/h1-30H. The highest BCUT2D eigenvalue weighted by molar-refractivity contribution is 6.32. The first-order valence-corrected chi connectivity index (χ1v) is 17.2. The molecule has 4 heteroatoms. The molecular weight excluding hydrogens is 621 g/mol. The van der Waals surface area contributed by atoms with E-state index in [1.807, 2.05) is 36.4 Å². The maximum atomic E-state index is 5.13. The summed E-state index contributed by atoms with van der Waals surface area (Å²) in [7, 11) is 0. The van der Waals surface area contributed by atoms with Crippen molar-refractivity contribution in [1.82, 2.24) is 19.5 Å². The molecule has 2 heterocycles. The van der Waals surface area contributed by atoms with Crippen LogP contribution in [-0.2, 0) is 0 Å². The van der Waals surface area contributed by atoms with E-state index in [4.69, 9.17) is 15.0 Å². The average Bonchev–Trinajstić information content (AvgIpc) is 3.57. The Morgan fingerprint density at radius 2 is 0.745 bits per heavy atom. The quantitative estimate of drug-likeness (QED) is 0.174. The number of hydrogen-bond acceptors (Lipinski definition) is 3. The molecule has 10 aromatic rings. The summed E-state index contributed by atoms with van der Waals surface area (Å²) >= 11 is 0. The summed E-state index contributed by atoms with van der Waals surface area (Å²) in [5.74, 6) is 1.91. The van der Waals surface area contributed by atoms with Crippen LogP contribution in [0.15, 0.2) is 182 Å². The van der Waals surface area contributed by atoms with E-state index in [2.05, 4.69) is 150 Å². The third kappa shape index (κ3) is 4.88. The molecule has 51 heavy (non-hydrogen) atoms. The van der Waals surface area contributed by atoms with Crippen LogP contribution >= 0.6 is 0 Å². The van der Waals surface area contributed by atoms with Crippen molar-refractivity contribution in [3.05, 3.63) is 182 Å². The maximum Gasteiger partial charge on any atom is 0.164 e. The molecule has 0 bridgehead atoms. The van der Waals surface area contributed by atoms with Crippen LogP contribution in [0.3, 0.4) is 0 Å². The summed E-state index contributed by atoms with van der Waals surface area (Å²) in [5, 5.41) is 7.40. The number of nitrogens with zero attached hydrogens (tertiary/aromatic N) is 4. The highest BCUT2D eigenvalue weighted by Crippen LogP contribution is 2.43. The molecule has 0 aliphatic heterocycles. The Labute approximate surface area is 295 Å². The highest BCUT2D eigenvalue weighted by atomic mass is 15.0. The summed E-state index contributed by atoms with van der Waals surface area (Å²) in [6.07, 6.45) is 0. The molecule has 0 spiro atoms. The Balaban J connectivity index is 1.23. The summed E-state index contributed by atoms with van der Waals surface area (Å²) in [5.41, 5.74) is 8.54. The van der Waals surface area contributed by atoms with E-state index < -0.39 is 0 Å². The van der Waals surface area contributed by atoms with Gasteiger partial charge >= 0.3 is 0 Å². The van der Waals surface area contributed by atoms with Crippen LogP contribution in [0.25, 0.3) is 94.3 Å². The van der Waals surface area contributed by atoms with Gasteiger partial charge in [0.1, 0.15) is 0 Å². The number of fused-ring (bicyclic) bond motifs is 8. The van der Waals surface area contributed by atoms with Gasteiger partial charge in [0.15, 0.2) is 17.5 Å². The summed E-state index contributed by atoms with van der Waals surface area (Å²) in [6, 6.07) is 63.8. The first-order chi connectivity index (χ1) is 25.3. The Bertz CT molecular complexity index is 2880. The molecule has 10 rings (SSSR count). The predicted octanol–water partition coefficient (Wildman–Crippen LogP) is 11.9. The van der Waals surface area contributed by atoms with E-state index in [0.29, 0.717) is 17.5 Å². The molecule has 4 nitrogen and oxygen atoms in total. The van der Waals surface area contributed by atoms with Crippen molar-refractivity contribution in [2.45, 2.75) is 0 Å². The minimum atomic E-state index is 0.632. The first kappa shape index (κ1) is 29.0. The summed E-state index contributed by atoms with van der Waals surface area (Å²) in [6.45, 7) is 0. The lowest BCUT2D eigenvalue weighted by atomic mass is 9.96. The third-order valence-corrected chi connectivity index (χ3v) is 9.83.